The minimum atomic E-state index is -0.749. The minimum absolute atomic E-state index is 0.684. The Morgan fingerprint density at radius 2 is 1.68 bits per heavy atom. The summed E-state index contributed by atoms with van der Waals surface area (Å²) in [5.41, 5.74) is 1.29. The van der Waals surface area contributed by atoms with E-state index in [9.17, 15) is 0 Å². The maximum Gasteiger partial charge on any atom is 0.172 e. The maximum atomic E-state index is 6.13. The van der Waals surface area contributed by atoms with Gasteiger partial charge in [0.25, 0.3) is 0 Å². The Balaban J connectivity index is 2.12. The number of benzene rings is 2. The molecule has 0 amide bonds. The predicted octanol–water partition coefficient (Wildman–Crippen LogP) is 3.51. The standard InChI is InChI=1S/C19H16ClN5/c1-24-12-11-22-18(24)19(25-14-21-13-23-25,15-5-3-2-4-6-15)16-7-9-17(20)10-8-16/h2-14H,1H3. The zero-order valence-electron chi connectivity index (χ0n) is 13.6. The Morgan fingerprint density at radius 3 is 2.28 bits per heavy atom. The molecule has 0 saturated carbocycles. The fourth-order valence-electron chi connectivity index (χ4n) is 3.26. The summed E-state index contributed by atoms with van der Waals surface area (Å²) < 4.78 is 3.84. The first-order valence-electron chi connectivity index (χ1n) is 7.87. The Hall–Kier alpha value is -2.92. The molecule has 5 nitrogen and oxygen atoms in total. The van der Waals surface area contributed by atoms with Crippen LogP contribution in [0.4, 0.5) is 0 Å². The van der Waals surface area contributed by atoms with Gasteiger partial charge in [0.15, 0.2) is 5.54 Å². The van der Waals surface area contributed by atoms with Crippen LogP contribution in [0.3, 0.4) is 0 Å². The monoisotopic (exact) mass is 349 g/mol. The number of aryl methyl sites for hydroxylation is 1. The van der Waals surface area contributed by atoms with Crippen LogP contribution in [0.25, 0.3) is 0 Å². The second-order valence-corrected chi connectivity index (χ2v) is 6.22. The third-order valence-electron chi connectivity index (χ3n) is 4.36. The number of rotatable bonds is 4. The van der Waals surface area contributed by atoms with Crippen molar-refractivity contribution in [2.75, 3.05) is 0 Å². The van der Waals surface area contributed by atoms with E-state index in [1.165, 1.54) is 6.33 Å². The zero-order chi connectivity index (χ0) is 17.3. The lowest BCUT2D eigenvalue weighted by Crippen LogP contribution is -2.40. The van der Waals surface area contributed by atoms with E-state index < -0.39 is 5.54 Å². The van der Waals surface area contributed by atoms with Gasteiger partial charge in [-0.2, -0.15) is 5.10 Å². The Kier molecular flexibility index (Phi) is 3.86. The van der Waals surface area contributed by atoms with Crippen molar-refractivity contribution in [3.05, 3.63) is 102 Å². The van der Waals surface area contributed by atoms with Crippen molar-refractivity contribution in [3.8, 4) is 0 Å². The summed E-state index contributed by atoms with van der Waals surface area (Å²) in [6.07, 6.45) is 6.98. The lowest BCUT2D eigenvalue weighted by atomic mass is 9.82. The van der Waals surface area contributed by atoms with Gasteiger partial charge in [-0.1, -0.05) is 54.1 Å². The van der Waals surface area contributed by atoms with Gasteiger partial charge >= 0.3 is 0 Å². The van der Waals surface area contributed by atoms with Crippen LogP contribution in [-0.2, 0) is 12.6 Å². The van der Waals surface area contributed by atoms with Gasteiger partial charge in [0.05, 0.1) is 0 Å². The van der Waals surface area contributed by atoms with Gasteiger partial charge in [-0.15, -0.1) is 0 Å². The van der Waals surface area contributed by atoms with Crippen molar-refractivity contribution in [3.63, 3.8) is 0 Å². The molecule has 124 valence electrons. The lowest BCUT2D eigenvalue weighted by molar-refractivity contribution is 0.422. The third kappa shape index (κ3) is 2.44. The van der Waals surface area contributed by atoms with Gasteiger partial charge in [-0.3, -0.25) is 0 Å². The summed E-state index contributed by atoms with van der Waals surface area (Å²) in [6.45, 7) is 0. The molecule has 0 fully saturated rings. The first kappa shape index (κ1) is 15.6. The van der Waals surface area contributed by atoms with Gasteiger partial charge < -0.3 is 4.57 Å². The van der Waals surface area contributed by atoms with Crippen molar-refractivity contribution in [2.24, 2.45) is 7.05 Å². The largest absolute Gasteiger partial charge is 0.335 e. The highest BCUT2D eigenvalue weighted by Crippen LogP contribution is 2.39. The first-order valence-corrected chi connectivity index (χ1v) is 8.25. The zero-order valence-corrected chi connectivity index (χ0v) is 14.4. The molecule has 0 aliphatic carbocycles. The number of hydrogen-bond donors (Lipinski definition) is 0. The third-order valence-corrected chi connectivity index (χ3v) is 4.61. The number of hydrogen-bond acceptors (Lipinski definition) is 3. The molecule has 4 rings (SSSR count). The molecule has 0 radical (unpaired) electrons. The van der Waals surface area contributed by atoms with E-state index in [0.717, 1.165) is 17.0 Å². The van der Waals surface area contributed by atoms with Gasteiger partial charge in [-0.25, -0.2) is 14.6 Å². The molecule has 6 heteroatoms. The molecule has 0 aliphatic heterocycles. The maximum absolute atomic E-state index is 6.13. The Labute approximate surface area is 150 Å². The highest BCUT2D eigenvalue weighted by molar-refractivity contribution is 6.30. The predicted molar refractivity (Wildman–Crippen MR) is 96.4 cm³/mol. The molecule has 4 aromatic rings. The molecular weight excluding hydrogens is 334 g/mol. The van der Waals surface area contributed by atoms with Crippen LogP contribution in [-0.4, -0.2) is 24.3 Å². The summed E-state index contributed by atoms with van der Waals surface area (Å²) in [5, 5.41) is 5.16. The van der Waals surface area contributed by atoms with Crippen LogP contribution in [0.1, 0.15) is 17.0 Å². The molecule has 0 aliphatic rings. The van der Waals surface area contributed by atoms with Gasteiger partial charge in [0, 0.05) is 24.5 Å². The summed E-state index contributed by atoms with van der Waals surface area (Å²) in [6, 6.07) is 18.0. The van der Waals surface area contributed by atoms with Gasteiger partial charge in [0.2, 0.25) is 0 Å². The summed E-state index contributed by atoms with van der Waals surface area (Å²) in [7, 11) is 1.98. The molecule has 25 heavy (non-hydrogen) atoms. The van der Waals surface area contributed by atoms with E-state index in [0.29, 0.717) is 5.02 Å². The molecule has 0 spiro atoms. The fraction of sp³-hybridized carbons (Fsp3) is 0.105. The average molecular weight is 350 g/mol. The van der Waals surface area contributed by atoms with E-state index in [1.807, 2.05) is 65.0 Å². The molecule has 0 saturated heterocycles. The van der Waals surface area contributed by atoms with E-state index in [-0.39, 0.29) is 0 Å². The molecule has 2 aromatic heterocycles. The summed E-state index contributed by atoms with van der Waals surface area (Å²) in [5.74, 6) is 0.839. The van der Waals surface area contributed by atoms with Crippen LogP contribution in [0.5, 0.6) is 0 Å². The van der Waals surface area contributed by atoms with Crippen LogP contribution in [0.2, 0.25) is 5.02 Å². The second-order valence-electron chi connectivity index (χ2n) is 5.79. The number of aromatic nitrogens is 5. The second kappa shape index (κ2) is 6.18. The van der Waals surface area contributed by atoms with Crippen molar-refractivity contribution < 1.29 is 0 Å². The Morgan fingerprint density at radius 1 is 0.960 bits per heavy atom. The normalized spacial score (nSPS) is 13.5. The van der Waals surface area contributed by atoms with Crippen molar-refractivity contribution in [2.45, 2.75) is 5.54 Å². The van der Waals surface area contributed by atoms with Crippen LogP contribution in [0, 0.1) is 0 Å². The quantitative estimate of drug-likeness (QED) is 0.566. The van der Waals surface area contributed by atoms with E-state index in [4.69, 9.17) is 11.6 Å². The molecule has 1 unspecified atom stereocenters. The van der Waals surface area contributed by atoms with Crippen molar-refractivity contribution in [1.82, 2.24) is 24.3 Å². The Bertz CT molecular complexity index is 961. The average Bonchev–Trinajstić information content (AvgIpc) is 3.31. The summed E-state index contributed by atoms with van der Waals surface area (Å²) in [4.78, 5) is 8.85. The SMILES string of the molecule is Cn1ccnc1C(c1ccccc1)(c1ccc(Cl)cc1)n1cncn1. The lowest BCUT2D eigenvalue weighted by Gasteiger charge is -2.34. The van der Waals surface area contributed by atoms with Crippen molar-refractivity contribution in [1.29, 1.82) is 0 Å². The molecule has 2 heterocycles. The molecular formula is C19H16ClN5. The van der Waals surface area contributed by atoms with Crippen molar-refractivity contribution >= 4 is 11.6 Å². The fourth-order valence-corrected chi connectivity index (χ4v) is 3.38. The summed E-state index contributed by atoms with van der Waals surface area (Å²) >= 11 is 6.13. The van der Waals surface area contributed by atoms with E-state index in [2.05, 4.69) is 27.2 Å². The molecule has 0 N–H and O–H groups in total. The number of halogens is 1. The molecule has 2 aromatic carbocycles. The minimum Gasteiger partial charge on any atom is -0.335 e. The van der Waals surface area contributed by atoms with Crippen LogP contribution in [0.15, 0.2) is 79.6 Å². The highest BCUT2D eigenvalue weighted by Gasteiger charge is 2.42. The van der Waals surface area contributed by atoms with Crippen LogP contribution >= 0.6 is 11.6 Å². The molecule has 0 bridgehead atoms. The topological polar surface area (TPSA) is 48.5 Å². The highest BCUT2D eigenvalue weighted by atomic mass is 35.5. The number of nitrogens with zero attached hydrogens (tertiary/aromatic N) is 5. The van der Waals surface area contributed by atoms with Crippen LogP contribution < -0.4 is 0 Å². The van der Waals surface area contributed by atoms with E-state index in [1.54, 1.807) is 12.5 Å². The molecule has 1 atom stereocenters. The van der Waals surface area contributed by atoms with E-state index >= 15 is 0 Å². The number of imidazole rings is 1. The van der Waals surface area contributed by atoms with Gasteiger partial charge in [-0.05, 0) is 23.3 Å². The smallest absolute Gasteiger partial charge is 0.172 e. The first-order chi connectivity index (χ1) is 12.2. The van der Waals surface area contributed by atoms with Gasteiger partial charge in [0.1, 0.15) is 18.5 Å².